The fraction of sp³-hybridized carbons (Fsp3) is 0.467. The van der Waals surface area contributed by atoms with Crippen LogP contribution in [-0.2, 0) is 9.53 Å². The van der Waals surface area contributed by atoms with E-state index in [9.17, 15) is 4.79 Å². The Morgan fingerprint density at radius 1 is 1.48 bits per heavy atom. The quantitative estimate of drug-likeness (QED) is 0.837. The first kappa shape index (κ1) is 15.8. The molecule has 0 N–H and O–H groups in total. The lowest BCUT2D eigenvalue weighted by atomic mass is 10.2. The van der Waals surface area contributed by atoms with Gasteiger partial charge in [-0.25, -0.2) is 0 Å². The van der Waals surface area contributed by atoms with E-state index in [1.54, 1.807) is 23.1 Å². The molecule has 0 bridgehead atoms. The number of hydrogen-bond donors (Lipinski definition) is 0. The van der Waals surface area contributed by atoms with Crippen molar-refractivity contribution in [2.45, 2.75) is 26.1 Å². The summed E-state index contributed by atoms with van der Waals surface area (Å²) in [7, 11) is 0. The van der Waals surface area contributed by atoms with E-state index in [4.69, 9.17) is 14.7 Å². The van der Waals surface area contributed by atoms with Crippen LogP contribution >= 0.6 is 15.9 Å². The first-order chi connectivity index (χ1) is 9.99. The van der Waals surface area contributed by atoms with Crippen molar-refractivity contribution in [2.24, 2.45) is 0 Å². The van der Waals surface area contributed by atoms with Crippen molar-refractivity contribution >= 4 is 21.8 Å². The number of nitrogens with zero attached hydrogens (tertiary/aromatic N) is 2. The van der Waals surface area contributed by atoms with Crippen LogP contribution in [0.4, 0.5) is 0 Å². The minimum Gasteiger partial charge on any atom is -0.482 e. The van der Waals surface area contributed by atoms with Gasteiger partial charge in [-0.3, -0.25) is 4.79 Å². The molecule has 1 aliphatic heterocycles. The molecule has 0 aromatic heterocycles. The van der Waals surface area contributed by atoms with Gasteiger partial charge in [0.05, 0.1) is 17.8 Å². The molecule has 0 radical (unpaired) electrons. The Bertz CT molecular complexity index is 561. The van der Waals surface area contributed by atoms with Crippen LogP contribution in [0.2, 0.25) is 0 Å². The Balaban J connectivity index is 1.97. The zero-order chi connectivity index (χ0) is 15.4. The van der Waals surface area contributed by atoms with E-state index in [1.165, 1.54) is 0 Å². The summed E-state index contributed by atoms with van der Waals surface area (Å²) in [5, 5.41) is 9.06. The number of carbonyl (C=O) groups is 1. The highest BCUT2D eigenvalue weighted by Gasteiger charge is 2.26. The summed E-state index contributed by atoms with van der Waals surface area (Å²) in [5.41, 5.74) is 0.404. The van der Waals surface area contributed by atoms with Gasteiger partial charge in [-0.15, -0.1) is 0 Å². The third kappa shape index (κ3) is 4.19. The summed E-state index contributed by atoms with van der Waals surface area (Å²) in [6.45, 7) is 4.95. The van der Waals surface area contributed by atoms with Crippen LogP contribution in [0.15, 0.2) is 22.7 Å². The molecular formula is C15H17BrN2O3. The molecule has 1 amide bonds. The minimum absolute atomic E-state index is 0.0278. The first-order valence-electron chi connectivity index (χ1n) is 6.75. The van der Waals surface area contributed by atoms with Crippen molar-refractivity contribution in [3.63, 3.8) is 0 Å². The summed E-state index contributed by atoms with van der Waals surface area (Å²) in [6, 6.07) is 7.18. The van der Waals surface area contributed by atoms with Crippen LogP contribution < -0.4 is 4.74 Å². The van der Waals surface area contributed by atoms with Crippen LogP contribution in [0.1, 0.15) is 19.4 Å². The second-order valence-electron chi connectivity index (χ2n) is 5.10. The summed E-state index contributed by atoms with van der Waals surface area (Å²) < 4.78 is 11.9. The van der Waals surface area contributed by atoms with Gasteiger partial charge in [0.15, 0.2) is 6.61 Å². The highest BCUT2D eigenvalue weighted by atomic mass is 79.9. The number of carbonyl (C=O) groups excluding carboxylic acids is 1. The molecule has 1 aromatic rings. The van der Waals surface area contributed by atoms with Crippen molar-refractivity contribution in [3.8, 4) is 11.8 Å². The summed E-state index contributed by atoms with van der Waals surface area (Å²) in [6.07, 6.45) is 0.0556. The van der Waals surface area contributed by atoms with E-state index >= 15 is 0 Å². The number of halogens is 1. The molecule has 112 valence electrons. The number of morpholine rings is 1. The van der Waals surface area contributed by atoms with Crippen LogP contribution in [-0.4, -0.2) is 42.7 Å². The zero-order valence-corrected chi connectivity index (χ0v) is 13.6. The lowest BCUT2D eigenvalue weighted by Crippen LogP contribution is -2.49. The predicted octanol–water partition coefficient (Wildman–Crippen LogP) is 2.34. The molecule has 0 spiro atoms. The molecular weight excluding hydrogens is 336 g/mol. The average molecular weight is 353 g/mol. The Hall–Kier alpha value is -1.58. The van der Waals surface area contributed by atoms with Crippen molar-refractivity contribution in [2.75, 3.05) is 19.7 Å². The van der Waals surface area contributed by atoms with Gasteiger partial charge < -0.3 is 14.4 Å². The number of rotatable bonds is 3. The normalized spacial score (nSPS) is 21.7. The molecule has 0 saturated carbocycles. The molecule has 0 aliphatic carbocycles. The number of nitriles is 1. The molecule has 2 unspecified atom stereocenters. The molecule has 1 fully saturated rings. The largest absolute Gasteiger partial charge is 0.482 e. The second kappa shape index (κ2) is 6.92. The molecule has 5 nitrogen and oxygen atoms in total. The smallest absolute Gasteiger partial charge is 0.260 e. The molecule has 21 heavy (non-hydrogen) atoms. The zero-order valence-electron chi connectivity index (χ0n) is 12.0. The third-order valence-corrected chi connectivity index (χ3v) is 3.68. The Morgan fingerprint density at radius 3 is 2.76 bits per heavy atom. The fourth-order valence-electron chi connectivity index (χ4n) is 2.33. The monoisotopic (exact) mass is 352 g/mol. The van der Waals surface area contributed by atoms with E-state index < -0.39 is 0 Å². The maximum atomic E-state index is 12.2. The van der Waals surface area contributed by atoms with Crippen molar-refractivity contribution in [1.29, 1.82) is 5.26 Å². The maximum absolute atomic E-state index is 12.2. The van der Waals surface area contributed by atoms with E-state index in [2.05, 4.69) is 22.0 Å². The van der Waals surface area contributed by atoms with Crippen molar-refractivity contribution in [1.82, 2.24) is 4.90 Å². The second-order valence-corrected chi connectivity index (χ2v) is 6.01. The maximum Gasteiger partial charge on any atom is 0.260 e. The van der Waals surface area contributed by atoms with Crippen molar-refractivity contribution < 1.29 is 14.3 Å². The van der Waals surface area contributed by atoms with E-state index in [-0.39, 0.29) is 24.7 Å². The Labute approximate surface area is 132 Å². The lowest BCUT2D eigenvalue weighted by Gasteiger charge is -2.35. The standard InChI is InChI=1S/C15H17BrN2O3/c1-10-7-18(8-11(2)21-10)15(19)9-20-14-4-3-13(16)5-12(14)6-17/h3-5,10-11H,7-9H2,1-2H3. The topological polar surface area (TPSA) is 62.6 Å². The van der Waals surface area contributed by atoms with E-state index in [0.29, 0.717) is 24.4 Å². The molecule has 2 rings (SSSR count). The Morgan fingerprint density at radius 2 is 2.14 bits per heavy atom. The van der Waals surface area contributed by atoms with Gasteiger partial charge in [-0.05, 0) is 32.0 Å². The van der Waals surface area contributed by atoms with E-state index in [0.717, 1.165) is 4.47 Å². The van der Waals surface area contributed by atoms with Gasteiger partial charge >= 0.3 is 0 Å². The molecule has 1 aliphatic rings. The summed E-state index contributed by atoms with van der Waals surface area (Å²) >= 11 is 3.30. The van der Waals surface area contributed by atoms with Crippen LogP contribution in [0.25, 0.3) is 0 Å². The SMILES string of the molecule is CC1CN(C(=O)COc2ccc(Br)cc2C#N)CC(C)O1. The number of hydrogen-bond acceptors (Lipinski definition) is 4. The molecule has 1 saturated heterocycles. The minimum atomic E-state index is -0.0937. The van der Waals surface area contributed by atoms with Gasteiger partial charge in [-0.2, -0.15) is 5.26 Å². The highest BCUT2D eigenvalue weighted by Crippen LogP contribution is 2.22. The number of ether oxygens (including phenoxy) is 2. The third-order valence-electron chi connectivity index (χ3n) is 3.19. The molecule has 1 aromatic carbocycles. The Kier molecular flexibility index (Phi) is 5.21. The van der Waals surface area contributed by atoms with Crippen molar-refractivity contribution in [3.05, 3.63) is 28.2 Å². The molecule has 6 heteroatoms. The highest BCUT2D eigenvalue weighted by molar-refractivity contribution is 9.10. The molecule has 1 heterocycles. The average Bonchev–Trinajstić information content (AvgIpc) is 2.44. The van der Waals surface area contributed by atoms with E-state index in [1.807, 2.05) is 13.8 Å². The lowest BCUT2D eigenvalue weighted by molar-refractivity contribution is -0.145. The van der Waals surface area contributed by atoms with Crippen LogP contribution in [0, 0.1) is 11.3 Å². The van der Waals surface area contributed by atoms with Crippen LogP contribution in [0.5, 0.6) is 5.75 Å². The van der Waals surface area contributed by atoms with Gasteiger partial charge in [0, 0.05) is 17.6 Å². The predicted molar refractivity (Wildman–Crippen MR) is 80.9 cm³/mol. The van der Waals surface area contributed by atoms with Gasteiger partial charge in [0.1, 0.15) is 11.8 Å². The number of amides is 1. The number of benzene rings is 1. The van der Waals surface area contributed by atoms with Gasteiger partial charge in [0.25, 0.3) is 5.91 Å². The summed E-state index contributed by atoms with van der Waals surface area (Å²) in [4.78, 5) is 13.9. The van der Waals surface area contributed by atoms with Gasteiger partial charge in [-0.1, -0.05) is 15.9 Å². The molecule has 2 atom stereocenters. The van der Waals surface area contributed by atoms with Crippen LogP contribution in [0.3, 0.4) is 0 Å². The van der Waals surface area contributed by atoms with Gasteiger partial charge in [0.2, 0.25) is 0 Å². The first-order valence-corrected chi connectivity index (χ1v) is 7.54. The fourth-order valence-corrected chi connectivity index (χ4v) is 2.69. The summed E-state index contributed by atoms with van der Waals surface area (Å²) in [5.74, 6) is 0.326.